The first-order valence-corrected chi connectivity index (χ1v) is 8.51. The molecule has 2 aromatic carbocycles. The minimum Gasteiger partial charge on any atom is -0.491 e. The van der Waals surface area contributed by atoms with E-state index in [1.807, 2.05) is 38.1 Å². The molecule has 5 nitrogen and oxygen atoms in total. The lowest BCUT2D eigenvalue weighted by molar-refractivity contribution is 0.242. The summed E-state index contributed by atoms with van der Waals surface area (Å²) >= 11 is 0. The van der Waals surface area contributed by atoms with Crippen LogP contribution in [0.1, 0.15) is 19.5 Å². The second-order valence-electron chi connectivity index (χ2n) is 6.26. The third-order valence-corrected chi connectivity index (χ3v) is 3.55. The monoisotopic (exact) mass is 370 g/mol. The number of para-hydroxylation sites is 1. The maximum Gasteiger partial charge on any atom is 0.229 e. The van der Waals surface area contributed by atoms with Crippen molar-refractivity contribution in [1.29, 1.82) is 0 Å². The van der Waals surface area contributed by atoms with Crippen LogP contribution in [0.5, 0.6) is 5.75 Å². The molecule has 0 aliphatic rings. The molecular formula is C20H20F2N4O. The summed E-state index contributed by atoms with van der Waals surface area (Å²) in [5, 5.41) is 5.75. The maximum absolute atomic E-state index is 13.8. The number of anilines is 4. The molecule has 0 aliphatic heterocycles. The first-order chi connectivity index (χ1) is 12.9. The third-order valence-electron chi connectivity index (χ3n) is 3.55. The number of nitrogens with zero attached hydrogens (tertiary/aromatic N) is 2. The minimum absolute atomic E-state index is 0.0938. The first-order valence-electron chi connectivity index (χ1n) is 8.51. The molecule has 2 N–H and O–H groups in total. The summed E-state index contributed by atoms with van der Waals surface area (Å²) in [6.45, 7) is 5.69. The zero-order valence-electron chi connectivity index (χ0n) is 15.3. The standard InChI is InChI=1S/C20H20F2N4O/c1-12(2)27-15-9-7-14(8-10-15)24-20-23-13(3)11-18(26-20)25-19-16(21)5-4-6-17(19)22/h4-12H,1-3H3,(H2,23,24,25,26). The molecule has 7 heteroatoms. The van der Waals surface area contributed by atoms with E-state index in [2.05, 4.69) is 20.6 Å². The van der Waals surface area contributed by atoms with Crippen molar-refractivity contribution in [1.82, 2.24) is 9.97 Å². The smallest absolute Gasteiger partial charge is 0.229 e. The first kappa shape index (κ1) is 18.6. The van der Waals surface area contributed by atoms with Crippen molar-refractivity contribution in [3.63, 3.8) is 0 Å². The van der Waals surface area contributed by atoms with Crippen LogP contribution >= 0.6 is 0 Å². The molecule has 0 atom stereocenters. The van der Waals surface area contributed by atoms with Gasteiger partial charge >= 0.3 is 0 Å². The highest BCUT2D eigenvalue weighted by Gasteiger charge is 2.11. The number of hydrogen-bond acceptors (Lipinski definition) is 5. The lowest BCUT2D eigenvalue weighted by Crippen LogP contribution is -2.06. The fourth-order valence-electron chi connectivity index (χ4n) is 2.45. The van der Waals surface area contributed by atoms with Gasteiger partial charge in [-0.2, -0.15) is 4.98 Å². The summed E-state index contributed by atoms with van der Waals surface area (Å²) < 4.78 is 33.3. The van der Waals surface area contributed by atoms with Crippen molar-refractivity contribution in [3.8, 4) is 5.75 Å². The molecule has 0 radical (unpaired) electrons. The Hall–Kier alpha value is -3.22. The SMILES string of the molecule is Cc1cc(Nc2c(F)cccc2F)nc(Nc2ccc(OC(C)C)cc2)n1. The third kappa shape index (κ3) is 4.91. The Morgan fingerprint density at radius 3 is 2.22 bits per heavy atom. The lowest BCUT2D eigenvalue weighted by atomic mass is 10.3. The normalized spacial score (nSPS) is 10.7. The van der Waals surface area contributed by atoms with Crippen molar-refractivity contribution in [3.05, 3.63) is 65.9 Å². The predicted molar refractivity (Wildman–Crippen MR) is 102 cm³/mol. The van der Waals surface area contributed by atoms with Crippen molar-refractivity contribution in [2.24, 2.45) is 0 Å². The summed E-state index contributed by atoms with van der Waals surface area (Å²) in [6, 6.07) is 12.6. The molecule has 0 unspecified atom stereocenters. The van der Waals surface area contributed by atoms with Crippen LogP contribution in [0.4, 0.5) is 31.9 Å². The molecule has 0 spiro atoms. The summed E-state index contributed by atoms with van der Waals surface area (Å²) in [7, 11) is 0. The van der Waals surface area contributed by atoms with Gasteiger partial charge in [-0.3, -0.25) is 0 Å². The summed E-state index contributed by atoms with van der Waals surface area (Å²) in [4.78, 5) is 8.58. The van der Waals surface area contributed by atoms with Crippen LogP contribution in [-0.2, 0) is 0 Å². The lowest BCUT2D eigenvalue weighted by Gasteiger charge is -2.12. The molecule has 0 saturated heterocycles. The molecule has 0 bridgehead atoms. The van der Waals surface area contributed by atoms with E-state index in [9.17, 15) is 8.78 Å². The fraction of sp³-hybridized carbons (Fsp3) is 0.200. The molecule has 27 heavy (non-hydrogen) atoms. The number of aryl methyl sites for hydroxylation is 1. The number of ether oxygens (including phenoxy) is 1. The van der Waals surface area contributed by atoms with Crippen molar-refractivity contribution in [2.45, 2.75) is 26.9 Å². The minimum atomic E-state index is -0.693. The Labute approximate surface area is 156 Å². The van der Waals surface area contributed by atoms with Crippen LogP contribution in [-0.4, -0.2) is 16.1 Å². The van der Waals surface area contributed by atoms with E-state index in [4.69, 9.17) is 4.74 Å². The van der Waals surface area contributed by atoms with E-state index in [1.165, 1.54) is 18.2 Å². The second kappa shape index (κ2) is 7.99. The molecule has 0 fully saturated rings. The van der Waals surface area contributed by atoms with Crippen LogP contribution in [0.3, 0.4) is 0 Å². The Morgan fingerprint density at radius 2 is 1.59 bits per heavy atom. The van der Waals surface area contributed by atoms with Crippen LogP contribution in [0.15, 0.2) is 48.5 Å². The number of benzene rings is 2. The van der Waals surface area contributed by atoms with Gasteiger partial charge in [-0.1, -0.05) is 6.07 Å². The Bertz CT molecular complexity index is 910. The molecule has 140 valence electrons. The van der Waals surface area contributed by atoms with Crippen LogP contribution < -0.4 is 15.4 Å². The van der Waals surface area contributed by atoms with Gasteiger partial charge in [-0.15, -0.1) is 0 Å². The Kier molecular flexibility index (Phi) is 5.49. The van der Waals surface area contributed by atoms with Crippen LogP contribution in [0, 0.1) is 18.6 Å². The molecule has 3 aromatic rings. The van der Waals surface area contributed by atoms with Crippen molar-refractivity contribution < 1.29 is 13.5 Å². The zero-order chi connectivity index (χ0) is 19.4. The number of aromatic nitrogens is 2. The van der Waals surface area contributed by atoms with E-state index in [1.54, 1.807) is 13.0 Å². The average Bonchev–Trinajstić information content (AvgIpc) is 2.59. The zero-order valence-corrected chi connectivity index (χ0v) is 15.3. The van der Waals surface area contributed by atoms with Gasteiger partial charge in [0.1, 0.15) is 28.9 Å². The molecule has 0 amide bonds. The molecule has 0 aliphatic carbocycles. The Morgan fingerprint density at radius 1 is 0.926 bits per heavy atom. The molecule has 1 aromatic heterocycles. The summed E-state index contributed by atoms with van der Waals surface area (Å²) in [5.74, 6) is -0.0262. The molecule has 3 rings (SSSR count). The van der Waals surface area contributed by atoms with Gasteiger partial charge < -0.3 is 15.4 Å². The highest BCUT2D eigenvalue weighted by Crippen LogP contribution is 2.24. The Balaban J connectivity index is 1.79. The molecule has 1 heterocycles. The van der Waals surface area contributed by atoms with Gasteiger partial charge in [0.15, 0.2) is 0 Å². The van der Waals surface area contributed by atoms with Crippen molar-refractivity contribution >= 4 is 23.1 Å². The highest BCUT2D eigenvalue weighted by atomic mass is 19.1. The molecular weight excluding hydrogens is 350 g/mol. The van der Waals surface area contributed by atoms with Crippen molar-refractivity contribution in [2.75, 3.05) is 10.6 Å². The largest absolute Gasteiger partial charge is 0.491 e. The second-order valence-corrected chi connectivity index (χ2v) is 6.26. The molecule has 0 saturated carbocycles. The topological polar surface area (TPSA) is 59.1 Å². The van der Waals surface area contributed by atoms with Crippen LogP contribution in [0.2, 0.25) is 0 Å². The van der Waals surface area contributed by atoms with Gasteiger partial charge in [-0.05, 0) is 57.2 Å². The van der Waals surface area contributed by atoms with Crippen LogP contribution in [0.25, 0.3) is 0 Å². The van der Waals surface area contributed by atoms with Gasteiger partial charge in [0.2, 0.25) is 5.95 Å². The van der Waals surface area contributed by atoms with E-state index in [0.717, 1.165) is 11.4 Å². The fourth-order valence-corrected chi connectivity index (χ4v) is 2.45. The van der Waals surface area contributed by atoms with E-state index < -0.39 is 11.6 Å². The highest BCUT2D eigenvalue weighted by molar-refractivity contribution is 5.61. The quantitative estimate of drug-likeness (QED) is 0.613. The van der Waals surface area contributed by atoms with Gasteiger partial charge in [0, 0.05) is 17.4 Å². The van der Waals surface area contributed by atoms with Gasteiger partial charge in [0.05, 0.1) is 6.10 Å². The number of nitrogens with one attached hydrogen (secondary N) is 2. The number of hydrogen-bond donors (Lipinski definition) is 2. The van der Waals surface area contributed by atoms with E-state index >= 15 is 0 Å². The average molecular weight is 370 g/mol. The van der Waals surface area contributed by atoms with E-state index in [0.29, 0.717) is 11.6 Å². The predicted octanol–water partition coefficient (Wildman–Crippen LogP) is 5.34. The van der Waals surface area contributed by atoms with E-state index in [-0.39, 0.29) is 17.6 Å². The summed E-state index contributed by atoms with van der Waals surface area (Å²) in [5.41, 5.74) is 1.16. The number of rotatable bonds is 6. The van der Waals surface area contributed by atoms with Gasteiger partial charge in [0.25, 0.3) is 0 Å². The maximum atomic E-state index is 13.8. The summed E-state index contributed by atoms with van der Waals surface area (Å²) in [6.07, 6.45) is 0.0938. The van der Waals surface area contributed by atoms with Gasteiger partial charge in [-0.25, -0.2) is 13.8 Å². The number of halogens is 2.